The van der Waals surface area contributed by atoms with Crippen molar-refractivity contribution in [1.29, 1.82) is 0 Å². The molecule has 0 aliphatic rings. The summed E-state index contributed by atoms with van der Waals surface area (Å²) in [6.45, 7) is -0.784. The number of carbonyl (C=O) groups is 2. The predicted molar refractivity (Wildman–Crippen MR) is 66.8 cm³/mol. The van der Waals surface area contributed by atoms with Gasteiger partial charge in [0, 0.05) is 16.6 Å². The Bertz CT molecular complexity index is 533. The summed E-state index contributed by atoms with van der Waals surface area (Å²) in [5.41, 5.74) is -0.391. The zero-order valence-electron chi connectivity index (χ0n) is 9.37. The Morgan fingerprint density at radius 1 is 1.47 bits per heavy atom. The molecule has 0 heterocycles. The van der Waals surface area contributed by atoms with E-state index < -0.39 is 29.4 Å². The average Bonchev–Trinajstić information content (AvgIpc) is 2.35. The van der Waals surface area contributed by atoms with Gasteiger partial charge in [0.15, 0.2) is 6.04 Å². The van der Waals surface area contributed by atoms with Gasteiger partial charge in [0.05, 0.1) is 17.1 Å². The lowest BCUT2D eigenvalue weighted by Gasteiger charge is -2.12. The summed E-state index contributed by atoms with van der Waals surface area (Å²) in [4.78, 5) is 32.4. The first-order chi connectivity index (χ1) is 8.86. The molecule has 9 heteroatoms. The minimum Gasteiger partial charge on any atom is -0.480 e. The van der Waals surface area contributed by atoms with Crippen LogP contribution in [-0.2, 0) is 4.79 Å². The molecule has 102 valence electrons. The standard InChI is InChI=1S/C10H9BrN2O6/c11-7-2-1-5(13(18)19)3-6(7)9(15)12-8(4-14)10(16)17/h1-3,8,14H,4H2,(H,12,15)(H,16,17). The number of carbonyl (C=O) groups excluding carboxylic acids is 1. The minimum absolute atomic E-state index is 0.0890. The second-order valence-electron chi connectivity index (χ2n) is 3.47. The van der Waals surface area contributed by atoms with Crippen LogP contribution in [0, 0.1) is 10.1 Å². The number of nitro benzene ring substituents is 1. The number of hydrogen-bond donors (Lipinski definition) is 3. The highest BCUT2D eigenvalue weighted by Crippen LogP contribution is 2.22. The lowest BCUT2D eigenvalue weighted by atomic mass is 10.1. The summed E-state index contributed by atoms with van der Waals surface area (Å²) in [6.07, 6.45) is 0. The molecule has 19 heavy (non-hydrogen) atoms. The van der Waals surface area contributed by atoms with Crippen LogP contribution in [0.1, 0.15) is 10.4 Å². The molecule has 0 bridgehead atoms. The van der Waals surface area contributed by atoms with Gasteiger partial charge < -0.3 is 15.5 Å². The minimum atomic E-state index is -1.47. The molecule has 1 aromatic rings. The van der Waals surface area contributed by atoms with Crippen LogP contribution in [-0.4, -0.2) is 39.7 Å². The Morgan fingerprint density at radius 3 is 2.58 bits per heavy atom. The molecule has 8 nitrogen and oxygen atoms in total. The molecule has 0 saturated carbocycles. The highest BCUT2D eigenvalue weighted by Gasteiger charge is 2.22. The van der Waals surface area contributed by atoms with E-state index in [0.29, 0.717) is 0 Å². The zero-order valence-corrected chi connectivity index (χ0v) is 11.0. The summed E-state index contributed by atoms with van der Waals surface area (Å²) in [6, 6.07) is 2.04. The third kappa shape index (κ3) is 3.73. The number of non-ortho nitro benzene ring substituents is 1. The fourth-order valence-electron chi connectivity index (χ4n) is 1.22. The van der Waals surface area contributed by atoms with E-state index in [0.717, 1.165) is 6.07 Å². The fourth-order valence-corrected chi connectivity index (χ4v) is 1.65. The Hall–Kier alpha value is -2.00. The van der Waals surface area contributed by atoms with E-state index in [9.17, 15) is 19.7 Å². The lowest BCUT2D eigenvalue weighted by Crippen LogP contribution is -2.43. The number of nitrogens with one attached hydrogen (secondary N) is 1. The van der Waals surface area contributed by atoms with Gasteiger partial charge in [-0.1, -0.05) is 0 Å². The number of carboxylic acid groups (broad SMARTS) is 1. The van der Waals surface area contributed by atoms with Gasteiger partial charge in [-0.15, -0.1) is 0 Å². The number of aliphatic hydroxyl groups is 1. The first-order valence-electron chi connectivity index (χ1n) is 4.95. The van der Waals surface area contributed by atoms with Gasteiger partial charge in [-0.3, -0.25) is 14.9 Å². The topological polar surface area (TPSA) is 130 Å². The molecular formula is C10H9BrN2O6. The van der Waals surface area contributed by atoms with Crippen LogP contribution in [0.3, 0.4) is 0 Å². The molecule has 0 radical (unpaired) electrons. The summed E-state index contributed by atoms with van der Waals surface area (Å²) in [5, 5.41) is 30.1. The van der Waals surface area contributed by atoms with E-state index in [-0.39, 0.29) is 15.7 Å². The van der Waals surface area contributed by atoms with Crippen molar-refractivity contribution in [1.82, 2.24) is 5.32 Å². The van der Waals surface area contributed by atoms with E-state index in [4.69, 9.17) is 10.2 Å². The van der Waals surface area contributed by atoms with Crippen molar-refractivity contribution in [3.05, 3.63) is 38.3 Å². The van der Waals surface area contributed by atoms with Crippen LogP contribution < -0.4 is 5.32 Å². The molecule has 1 atom stereocenters. The number of rotatable bonds is 5. The number of nitrogens with zero attached hydrogens (tertiary/aromatic N) is 1. The molecule has 0 spiro atoms. The number of aliphatic carboxylic acids is 1. The van der Waals surface area contributed by atoms with Crippen LogP contribution >= 0.6 is 15.9 Å². The zero-order chi connectivity index (χ0) is 14.6. The molecule has 0 aliphatic heterocycles. The maximum Gasteiger partial charge on any atom is 0.328 e. The first kappa shape index (κ1) is 15.1. The normalized spacial score (nSPS) is 11.7. The quantitative estimate of drug-likeness (QED) is 0.532. The van der Waals surface area contributed by atoms with Gasteiger partial charge in [-0.2, -0.15) is 0 Å². The second-order valence-corrected chi connectivity index (χ2v) is 4.32. The molecular weight excluding hydrogens is 324 g/mol. The molecule has 0 aromatic heterocycles. The molecule has 1 amide bonds. The molecule has 0 aliphatic carbocycles. The van der Waals surface area contributed by atoms with Crippen LogP contribution in [0.4, 0.5) is 5.69 Å². The van der Waals surface area contributed by atoms with E-state index in [1.807, 2.05) is 5.32 Å². The summed E-state index contributed by atoms with van der Waals surface area (Å²) >= 11 is 3.04. The SMILES string of the molecule is O=C(NC(CO)C(=O)O)c1cc([N+](=O)[O-])ccc1Br. The van der Waals surface area contributed by atoms with Gasteiger partial charge in [-0.05, 0) is 22.0 Å². The van der Waals surface area contributed by atoms with Crippen molar-refractivity contribution < 1.29 is 24.7 Å². The first-order valence-corrected chi connectivity index (χ1v) is 5.74. The van der Waals surface area contributed by atoms with Gasteiger partial charge in [0.25, 0.3) is 11.6 Å². The largest absolute Gasteiger partial charge is 0.480 e. The van der Waals surface area contributed by atoms with E-state index in [2.05, 4.69) is 15.9 Å². The highest BCUT2D eigenvalue weighted by atomic mass is 79.9. The number of nitro groups is 1. The summed E-state index contributed by atoms with van der Waals surface area (Å²) < 4.78 is 0.276. The Labute approximate surface area is 115 Å². The highest BCUT2D eigenvalue weighted by molar-refractivity contribution is 9.10. The number of hydrogen-bond acceptors (Lipinski definition) is 5. The van der Waals surface area contributed by atoms with E-state index >= 15 is 0 Å². The van der Waals surface area contributed by atoms with Crippen molar-refractivity contribution >= 4 is 33.5 Å². The van der Waals surface area contributed by atoms with Crippen molar-refractivity contribution in [3.63, 3.8) is 0 Å². The number of halogens is 1. The van der Waals surface area contributed by atoms with Crippen LogP contribution in [0.2, 0.25) is 0 Å². The van der Waals surface area contributed by atoms with Crippen LogP contribution in [0.15, 0.2) is 22.7 Å². The van der Waals surface area contributed by atoms with Gasteiger partial charge in [0.1, 0.15) is 0 Å². The molecule has 3 N–H and O–H groups in total. The number of amides is 1. The monoisotopic (exact) mass is 332 g/mol. The molecule has 0 saturated heterocycles. The molecule has 1 unspecified atom stereocenters. The summed E-state index contributed by atoms with van der Waals surface area (Å²) in [5.74, 6) is -2.24. The van der Waals surface area contributed by atoms with Crippen molar-refractivity contribution in [2.75, 3.05) is 6.61 Å². The van der Waals surface area contributed by atoms with Crippen LogP contribution in [0.5, 0.6) is 0 Å². The Kier molecular flexibility index (Phi) is 4.95. The molecule has 1 aromatic carbocycles. The van der Waals surface area contributed by atoms with Gasteiger partial charge >= 0.3 is 5.97 Å². The van der Waals surface area contributed by atoms with E-state index in [1.165, 1.54) is 12.1 Å². The van der Waals surface area contributed by atoms with Crippen molar-refractivity contribution in [2.45, 2.75) is 6.04 Å². The third-order valence-electron chi connectivity index (χ3n) is 2.19. The van der Waals surface area contributed by atoms with Crippen LogP contribution in [0.25, 0.3) is 0 Å². The summed E-state index contributed by atoms with van der Waals surface area (Å²) in [7, 11) is 0. The number of carboxylic acids is 1. The van der Waals surface area contributed by atoms with Gasteiger partial charge in [-0.25, -0.2) is 4.79 Å². The predicted octanol–water partition coefficient (Wildman–Crippen LogP) is 0.533. The average molecular weight is 333 g/mol. The maximum atomic E-state index is 11.8. The smallest absolute Gasteiger partial charge is 0.328 e. The second kappa shape index (κ2) is 6.25. The third-order valence-corrected chi connectivity index (χ3v) is 2.88. The maximum absolute atomic E-state index is 11.8. The number of benzene rings is 1. The number of aliphatic hydroxyl groups excluding tert-OH is 1. The van der Waals surface area contributed by atoms with Crippen molar-refractivity contribution in [3.8, 4) is 0 Å². The fraction of sp³-hybridized carbons (Fsp3) is 0.200. The Morgan fingerprint density at radius 2 is 2.11 bits per heavy atom. The van der Waals surface area contributed by atoms with E-state index in [1.54, 1.807) is 0 Å². The van der Waals surface area contributed by atoms with Gasteiger partial charge in [0.2, 0.25) is 0 Å². The molecule has 0 fully saturated rings. The van der Waals surface area contributed by atoms with Crippen molar-refractivity contribution in [2.24, 2.45) is 0 Å². The Balaban J connectivity index is 3.02. The molecule has 1 rings (SSSR count). The lowest BCUT2D eigenvalue weighted by molar-refractivity contribution is -0.384.